The maximum Gasteiger partial charge on any atom is 0.135 e. The minimum atomic E-state index is -4.00. The zero-order chi connectivity index (χ0) is 33.7. The molecule has 0 saturated carbocycles. The van der Waals surface area contributed by atoms with Crippen LogP contribution in [0.4, 0.5) is 0 Å². The summed E-state index contributed by atoms with van der Waals surface area (Å²) < 4.78 is 25.0. The third-order valence-electron chi connectivity index (χ3n) is 9.25. The maximum absolute atomic E-state index is 13.0. The van der Waals surface area contributed by atoms with Gasteiger partial charge in [0.05, 0.1) is 52.8 Å². The van der Waals surface area contributed by atoms with Crippen molar-refractivity contribution in [3.8, 4) is 0 Å². The van der Waals surface area contributed by atoms with Gasteiger partial charge in [0.1, 0.15) is 25.1 Å². The summed E-state index contributed by atoms with van der Waals surface area (Å²) >= 11 is 0. The third-order valence-corrected chi connectivity index (χ3v) is 10.9. The average Bonchev–Trinajstić information content (AvgIpc) is 3.73. The molecule has 6 rings (SSSR count). The van der Waals surface area contributed by atoms with Gasteiger partial charge in [-0.2, -0.15) is 0 Å². The number of nitrogens with zero attached hydrogens (tertiary/aromatic N) is 7. The normalized spacial score (nSPS) is 14.0. The van der Waals surface area contributed by atoms with Crippen LogP contribution in [0, 0.1) is 5.92 Å². The summed E-state index contributed by atoms with van der Waals surface area (Å²) in [4.78, 5) is 30.4. The predicted octanol–water partition coefficient (Wildman–Crippen LogP) is 7.03. The van der Waals surface area contributed by atoms with Crippen LogP contribution >= 0.6 is 7.60 Å². The first kappa shape index (κ1) is 34.1. The van der Waals surface area contributed by atoms with Crippen LogP contribution in [0.25, 0.3) is 33.1 Å². The molecular weight excluding hydrogens is 621 g/mol. The molecule has 6 aromatic rings. The second-order valence-corrected chi connectivity index (χ2v) is 14.3. The molecule has 0 N–H and O–H groups in total. The Morgan fingerprint density at radius 3 is 1.60 bits per heavy atom. The van der Waals surface area contributed by atoms with Crippen molar-refractivity contribution in [3.63, 3.8) is 0 Å². The molecule has 0 fully saturated rings. The zero-order valence-electron chi connectivity index (χ0n) is 28.6. The molecule has 2 atom stereocenters. The molecule has 0 radical (unpaired) electrons. The first-order chi connectivity index (χ1) is 23.3. The maximum atomic E-state index is 13.0. The van der Waals surface area contributed by atoms with Crippen molar-refractivity contribution < 1.29 is 14.0 Å². The number of fused-ring (bicyclic) bond motifs is 3. The summed E-state index contributed by atoms with van der Waals surface area (Å²) in [6.45, 7) is 12.8. The SMILES string of the molecule is CCOP(=O)([O-])CC(CCCN(Cc1nc2ccccc2n1CC)Cc1nc2ccccc2n1CC)Cc1nc2ccccc2n1CC. The van der Waals surface area contributed by atoms with Gasteiger partial charge < -0.3 is 27.7 Å². The lowest BCUT2D eigenvalue weighted by Crippen LogP contribution is -2.28. The van der Waals surface area contributed by atoms with E-state index in [1.165, 1.54) is 0 Å². The van der Waals surface area contributed by atoms with E-state index >= 15 is 0 Å². The van der Waals surface area contributed by atoms with Gasteiger partial charge in [0.25, 0.3) is 0 Å². The van der Waals surface area contributed by atoms with Crippen LogP contribution < -0.4 is 4.89 Å². The molecule has 10 nitrogen and oxygen atoms in total. The van der Waals surface area contributed by atoms with Gasteiger partial charge in [-0.05, 0) is 89.4 Å². The monoisotopic (exact) mass is 668 g/mol. The molecular formula is C37H47N7O3P-. The van der Waals surface area contributed by atoms with E-state index in [4.69, 9.17) is 19.5 Å². The molecule has 2 unspecified atom stereocenters. The zero-order valence-corrected chi connectivity index (χ0v) is 29.5. The quantitative estimate of drug-likeness (QED) is 0.0962. The summed E-state index contributed by atoms with van der Waals surface area (Å²) in [7, 11) is -4.00. The van der Waals surface area contributed by atoms with Crippen molar-refractivity contribution in [2.24, 2.45) is 5.92 Å². The van der Waals surface area contributed by atoms with Gasteiger partial charge in [-0.3, -0.25) is 4.90 Å². The minimum Gasteiger partial charge on any atom is -0.778 e. The summed E-state index contributed by atoms with van der Waals surface area (Å²) in [5.74, 6) is 2.83. The van der Waals surface area contributed by atoms with E-state index in [0.717, 1.165) is 89.6 Å². The second kappa shape index (κ2) is 15.2. The van der Waals surface area contributed by atoms with Crippen molar-refractivity contribution in [2.75, 3.05) is 19.3 Å². The van der Waals surface area contributed by atoms with E-state index in [2.05, 4.69) is 81.8 Å². The largest absolute Gasteiger partial charge is 0.778 e. The highest BCUT2D eigenvalue weighted by atomic mass is 31.2. The van der Waals surface area contributed by atoms with E-state index in [1.807, 2.05) is 30.3 Å². The summed E-state index contributed by atoms with van der Waals surface area (Å²) in [5, 5.41) is 0. The lowest BCUT2D eigenvalue weighted by Gasteiger charge is -2.28. The molecule has 254 valence electrons. The van der Waals surface area contributed by atoms with Crippen molar-refractivity contribution >= 4 is 40.7 Å². The Morgan fingerprint density at radius 1 is 0.708 bits per heavy atom. The highest BCUT2D eigenvalue weighted by molar-refractivity contribution is 7.51. The molecule has 3 aromatic carbocycles. The van der Waals surface area contributed by atoms with Gasteiger partial charge in [0, 0.05) is 32.2 Å². The number of rotatable bonds is 17. The number of aromatic nitrogens is 6. The number of imidazole rings is 3. The Bertz CT molecular complexity index is 1950. The Hall–Kier alpha value is -3.82. The molecule has 0 aliphatic rings. The molecule has 0 bridgehead atoms. The van der Waals surface area contributed by atoms with E-state index in [1.54, 1.807) is 6.92 Å². The van der Waals surface area contributed by atoms with E-state index < -0.39 is 7.60 Å². The lowest BCUT2D eigenvalue weighted by molar-refractivity contribution is -0.198. The van der Waals surface area contributed by atoms with E-state index in [9.17, 15) is 9.46 Å². The van der Waals surface area contributed by atoms with E-state index in [0.29, 0.717) is 19.5 Å². The topological polar surface area (TPSA) is 106 Å². The number of hydrogen-bond donors (Lipinski definition) is 0. The molecule has 0 saturated heterocycles. The van der Waals surface area contributed by atoms with Crippen LogP contribution in [-0.2, 0) is 48.2 Å². The summed E-state index contributed by atoms with van der Waals surface area (Å²) in [5.41, 5.74) is 6.28. The van der Waals surface area contributed by atoms with Gasteiger partial charge >= 0.3 is 0 Å². The van der Waals surface area contributed by atoms with Crippen LogP contribution in [0.5, 0.6) is 0 Å². The molecule has 3 heterocycles. The Balaban J connectivity index is 1.27. The highest BCUT2D eigenvalue weighted by Crippen LogP contribution is 2.41. The smallest absolute Gasteiger partial charge is 0.135 e. The second-order valence-electron chi connectivity index (χ2n) is 12.4. The molecule has 0 spiro atoms. The molecule has 3 aromatic heterocycles. The molecule has 0 amide bonds. The van der Waals surface area contributed by atoms with Gasteiger partial charge in [-0.15, -0.1) is 0 Å². The van der Waals surface area contributed by atoms with Crippen LogP contribution in [0.15, 0.2) is 72.8 Å². The Labute approximate surface area is 282 Å². The van der Waals surface area contributed by atoms with Gasteiger partial charge in [0.15, 0.2) is 0 Å². The first-order valence-corrected chi connectivity index (χ1v) is 19.1. The number of benzene rings is 3. The third kappa shape index (κ3) is 7.42. The number of para-hydroxylation sites is 6. The van der Waals surface area contributed by atoms with Crippen molar-refractivity contribution in [1.29, 1.82) is 0 Å². The van der Waals surface area contributed by atoms with Crippen LogP contribution in [0.3, 0.4) is 0 Å². The van der Waals surface area contributed by atoms with Crippen LogP contribution in [0.1, 0.15) is 58.0 Å². The molecule has 0 aliphatic heterocycles. The van der Waals surface area contributed by atoms with Crippen molar-refractivity contribution in [3.05, 3.63) is 90.3 Å². The fourth-order valence-corrected chi connectivity index (χ4v) is 8.57. The molecule has 0 aliphatic carbocycles. The fraction of sp³-hybridized carbons (Fsp3) is 0.432. The standard InChI is InChI=1S/C37H48N7O3P/c1-5-42-32-20-12-9-17-29(32)38-35(42)24-28(27-48(45,46)47-8-4)16-15-23-41(25-36-39-30-18-10-13-21-33(30)43(36)6-2)26-37-40-31-19-11-14-22-34(31)44(37)7-3/h9-14,17-22,28H,5-8,15-16,23-27H2,1-4H3,(H,45,46)/p-1. The summed E-state index contributed by atoms with van der Waals surface area (Å²) in [6.07, 6.45) is 2.09. The lowest BCUT2D eigenvalue weighted by atomic mass is 10.0. The summed E-state index contributed by atoms with van der Waals surface area (Å²) in [6, 6.07) is 24.7. The Morgan fingerprint density at radius 2 is 1.15 bits per heavy atom. The first-order valence-electron chi connectivity index (χ1n) is 17.3. The van der Waals surface area contributed by atoms with Crippen LogP contribution in [-0.4, -0.2) is 52.9 Å². The van der Waals surface area contributed by atoms with Crippen molar-refractivity contribution in [1.82, 2.24) is 33.6 Å². The average molecular weight is 669 g/mol. The van der Waals surface area contributed by atoms with Crippen molar-refractivity contribution in [2.45, 2.75) is 79.7 Å². The van der Waals surface area contributed by atoms with Gasteiger partial charge in [-0.25, -0.2) is 15.0 Å². The fourth-order valence-electron chi connectivity index (χ4n) is 7.13. The van der Waals surface area contributed by atoms with Crippen LogP contribution in [0.2, 0.25) is 0 Å². The van der Waals surface area contributed by atoms with E-state index in [-0.39, 0.29) is 18.7 Å². The molecule has 11 heteroatoms. The Kier molecular flexibility index (Phi) is 10.8. The minimum absolute atomic E-state index is 0.00891. The number of hydrogen-bond acceptors (Lipinski definition) is 7. The predicted molar refractivity (Wildman–Crippen MR) is 191 cm³/mol. The molecule has 48 heavy (non-hydrogen) atoms. The number of aryl methyl sites for hydroxylation is 3. The van der Waals surface area contributed by atoms with Gasteiger partial charge in [0.2, 0.25) is 0 Å². The van der Waals surface area contributed by atoms with Gasteiger partial charge in [-0.1, -0.05) is 36.4 Å². The highest BCUT2D eigenvalue weighted by Gasteiger charge is 2.23.